The summed E-state index contributed by atoms with van der Waals surface area (Å²) in [5, 5.41) is 0. The molecule has 2 aromatic rings. The zero-order valence-corrected chi connectivity index (χ0v) is 15.0. The van der Waals surface area contributed by atoms with E-state index in [0.717, 1.165) is 4.90 Å². The molecule has 1 fully saturated rings. The van der Waals surface area contributed by atoms with Gasteiger partial charge in [-0.15, -0.1) is 0 Å². The van der Waals surface area contributed by atoms with Crippen LogP contribution in [-0.4, -0.2) is 41.3 Å². The van der Waals surface area contributed by atoms with Crippen molar-refractivity contribution in [2.75, 3.05) is 18.5 Å². The molecule has 0 spiro atoms. The van der Waals surface area contributed by atoms with E-state index in [0.29, 0.717) is 37.3 Å². The van der Waals surface area contributed by atoms with Gasteiger partial charge in [-0.05, 0) is 31.0 Å². The van der Waals surface area contributed by atoms with Crippen molar-refractivity contribution in [1.82, 2.24) is 9.88 Å². The highest BCUT2D eigenvalue weighted by atomic mass is 19.4. The lowest BCUT2D eigenvalue weighted by Crippen LogP contribution is -2.53. The van der Waals surface area contributed by atoms with Crippen molar-refractivity contribution in [3.63, 3.8) is 0 Å². The van der Waals surface area contributed by atoms with Crippen molar-refractivity contribution in [1.29, 1.82) is 0 Å². The van der Waals surface area contributed by atoms with Crippen LogP contribution in [0.4, 0.5) is 18.9 Å². The maximum Gasteiger partial charge on any atom is 0.417 e. The number of halogens is 3. The summed E-state index contributed by atoms with van der Waals surface area (Å²) in [5.41, 5.74) is -2.05. The molecule has 1 saturated heterocycles. The second kappa shape index (κ2) is 7.49. The summed E-state index contributed by atoms with van der Waals surface area (Å²) in [4.78, 5) is 42.0. The molecule has 1 aliphatic heterocycles. The van der Waals surface area contributed by atoms with Crippen molar-refractivity contribution in [3.8, 4) is 0 Å². The van der Waals surface area contributed by atoms with Gasteiger partial charge in [0.05, 0.1) is 5.56 Å². The topological polar surface area (TPSA) is 73.5 Å². The number of carbonyl (C=O) groups is 2. The Morgan fingerprint density at radius 3 is 2.54 bits per heavy atom. The van der Waals surface area contributed by atoms with E-state index in [4.69, 9.17) is 0 Å². The second-order valence-corrected chi connectivity index (χ2v) is 6.53. The first-order valence-corrected chi connectivity index (χ1v) is 8.63. The van der Waals surface area contributed by atoms with Crippen LogP contribution in [0.15, 0.2) is 47.4 Å². The molecule has 1 aliphatic rings. The Morgan fingerprint density at radius 2 is 1.89 bits per heavy atom. The summed E-state index contributed by atoms with van der Waals surface area (Å²) in [5.74, 6) is -1.27. The molecule has 0 bridgehead atoms. The van der Waals surface area contributed by atoms with E-state index in [1.807, 2.05) is 11.1 Å². The number of nitrogens with zero attached hydrogens (tertiary/aromatic N) is 2. The number of hydrogen-bond donors (Lipinski definition) is 1. The zero-order valence-electron chi connectivity index (χ0n) is 15.0. The molecule has 28 heavy (non-hydrogen) atoms. The predicted octanol–water partition coefficient (Wildman–Crippen LogP) is 2.66. The third-order valence-corrected chi connectivity index (χ3v) is 4.73. The number of aromatic amines is 1. The van der Waals surface area contributed by atoms with Crippen molar-refractivity contribution >= 4 is 17.5 Å². The zero-order chi connectivity index (χ0) is 20.5. The quantitative estimate of drug-likeness (QED) is 0.871. The van der Waals surface area contributed by atoms with Gasteiger partial charge >= 0.3 is 6.18 Å². The number of pyridine rings is 1. The van der Waals surface area contributed by atoms with E-state index in [-0.39, 0.29) is 5.91 Å². The van der Waals surface area contributed by atoms with Gasteiger partial charge in [0.1, 0.15) is 11.6 Å². The van der Waals surface area contributed by atoms with Gasteiger partial charge in [-0.1, -0.05) is 18.2 Å². The molecule has 3 rings (SSSR count). The number of benzene rings is 1. The minimum atomic E-state index is -4.71. The van der Waals surface area contributed by atoms with Crippen LogP contribution in [0.2, 0.25) is 0 Å². The fraction of sp³-hybridized carbons (Fsp3) is 0.316. The predicted molar refractivity (Wildman–Crippen MR) is 96.0 cm³/mol. The van der Waals surface area contributed by atoms with Crippen LogP contribution in [0.3, 0.4) is 0 Å². The van der Waals surface area contributed by atoms with Gasteiger partial charge in [0.25, 0.3) is 11.5 Å². The fourth-order valence-corrected chi connectivity index (χ4v) is 3.22. The van der Waals surface area contributed by atoms with Gasteiger partial charge in [0.2, 0.25) is 5.91 Å². The number of H-pyrrole nitrogens is 1. The molecule has 9 heteroatoms. The number of carbonyl (C=O) groups excluding carboxylic acids is 2. The molecule has 148 valence electrons. The van der Waals surface area contributed by atoms with Crippen LogP contribution in [0.25, 0.3) is 0 Å². The lowest BCUT2D eigenvalue weighted by Gasteiger charge is -2.36. The van der Waals surface area contributed by atoms with Crippen LogP contribution in [0, 0.1) is 0 Å². The Labute approximate surface area is 158 Å². The molecular formula is C19H18F3N3O3. The van der Waals surface area contributed by atoms with Crippen LogP contribution in [0.1, 0.15) is 28.8 Å². The van der Waals surface area contributed by atoms with Gasteiger partial charge < -0.3 is 14.8 Å². The molecule has 2 amide bonds. The molecule has 1 atom stereocenters. The van der Waals surface area contributed by atoms with Gasteiger partial charge in [-0.2, -0.15) is 13.2 Å². The minimum absolute atomic E-state index is 0.336. The third-order valence-electron chi connectivity index (χ3n) is 4.73. The van der Waals surface area contributed by atoms with Crippen molar-refractivity contribution in [2.45, 2.75) is 25.1 Å². The lowest BCUT2D eigenvalue weighted by atomic mass is 10.0. The van der Waals surface area contributed by atoms with Crippen LogP contribution >= 0.6 is 0 Å². The first-order valence-electron chi connectivity index (χ1n) is 8.63. The minimum Gasteiger partial charge on any atom is -0.329 e. The number of nitrogens with one attached hydrogen (secondary N) is 1. The van der Waals surface area contributed by atoms with E-state index in [2.05, 4.69) is 0 Å². The monoisotopic (exact) mass is 393 g/mol. The number of amides is 2. The fourth-order valence-electron chi connectivity index (χ4n) is 3.22. The Kier molecular flexibility index (Phi) is 5.26. The average Bonchev–Trinajstić information content (AvgIpc) is 2.67. The van der Waals surface area contributed by atoms with Crippen LogP contribution in [0.5, 0.6) is 0 Å². The normalized spacial score (nSPS) is 17.5. The number of alkyl halides is 3. The summed E-state index contributed by atoms with van der Waals surface area (Å²) < 4.78 is 38.7. The first-order chi connectivity index (χ1) is 13.2. The lowest BCUT2D eigenvalue weighted by molar-refractivity contribution is -0.137. The number of likely N-dealkylation sites (N-methyl/N-ethyl adjacent to an activating group) is 1. The summed E-state index contributed by atoms with van der Waals surface area (Å²) in [7, 11) is 1.32. The maximum atomic E-state index is 12.9. The van der Waals surface area contributed by atoms with E-state index in [1.54, 1.807) is 24.3 Å². The van der Waals surface area contributed by atoms with E-state index < -0.39 is 34.8 Å². The Bertz CT molecular complexity index is 941. The Balaban J connectivity index is 1.87. The van der Waals surface area contributed by atoms with Crippen LogP contribution < -0.4 is 10.5 Å². The van der Waals surface area contributed by atoms with Crippen LogP contribution in [-0.2, 0) is 11.0 Å². The molecule has 1 aromatic carbocycles. The third kappa shape index (κ3) is 3.78. The molecular weight excluding hydrogens is 375 g/mol. The molecule has 0 radical (unpaired) electrons. The number of para-hydroxylation sites is 1. The smallest absolute Gasteiger partial charge is 0.329 e. The standard InChI is InChI=1S/C19H18F3N3O3/c1-24(17(27)14-10-12(19(20,21)22)11-23-16(14)26)15-8-5-9-25(18(15)28)13-6-3-2-4-7-13/h2-4,6-7,10-11,15H,5,8-9H2,1H3,(H,23,26). The molecule has 1 unspecified atom stereocenters. The maximum absolute atomic E-state index is 12.9. The summed E-state index contributed by atoms with van der Waals surface area (Å²) in [6, 6.07) is 8.55. The van der Waals surface area contributed by atoms with Crippen molar-refractivity contribution < 1.29 is 22.8 Å². The first kappa shape index (κ1) is 19.7. The molecule has 0 saturated carbocycles. The summed E-state index contributed by atoms with van der Waals surface area (Å²) in [6.07, 6.45) is -3.21. The number of hydrogen-bond acceptors (Lipinski definition) is 3. The molecule has 1 aromatic heterocycles. The largest absolute Gasteiger partial charge is 0.417 e. The summed E-state index contributed by atoms with van der Waals surface area (Å²) in [6.45, 7) is 0.478. The van der Waals surface area contributed by atoms with Gasteiger partial charge in [-0.25, -0.2) is 0 Å². The molecule has 2 heterocycles. The van der Waals surface area contributed by atoms with Crippen molar-refractivity contribution in [3.05, 3.63) is 64.1 Å². The van der Waals surface area contributed by atoms with Crippen molar-refractivity contribution in [2.24, 2.45) is 0 Å². The SMILES string of the molecule is CN(C(=O)c1cc(C(F)(F)F)c[nH]c1=O)C1CCCN(c2ccccc2)C1=O. The molecule has 6 nitrogen and oxygen atoms in total. The molecule has 1 N–H and O–H groups in total. The second-order valence-electron chi connectivity index (χ2n) is 6.53. The Hall–Kier alpha value is -3.10. The highest BCUT2D eigenvalue weighted by Crippen LogP contribution is 2.29. The average molecular weight is 393 g/mol. The summed E-state index contributed by atoms with van der Waals surface area (Å²) >= 11 is 0. The number of piperidine rings is 1. The molecule has 0 aliphatic carbocycles. The highest BCUT2D eigenvalue weighted by molar-refractivity contribution is 6.02. The van der Waals surface area contributed by atoms with E-state index in [9.17, 15) is 27.6 Å². The number of rotatable bonds is 3. The number of anilines is 1. The highest BCUT2D eigenvalue weighted by Gasteiger charge is 2.37. The number of aromatic nitrogens is 1. The van der Waals surface area contributed by atoms with Gasteiger partial charge in [-0.3, -0.25) is 14.4 Å². The van der Waals surface area contributed by atoms with E-state index >= 15 is 0 Å². The Morgan fingerprint density at radius 1 is 1.21 bits per heavy atom. The van der Waals surface area contributed by atoms with E-state index in [1.165, 1.54) is 11.9 Å². The van der Waals surface area contributed by atoms with Gasteiger partial charge in [0, 0.05) is 25.5 Å². The van der Waals surface area contributed by atoms with Gasteiger partial charge in [0.15, 0.2) is 0 Å².